The topological polar surface area (TPSA) is 87.9 Å². The van der Waals surface area contributed by atoms with Crippen LogP contribution in [0.4, 0.5) is 5.69 Å². The summed E-state index contributed by atoms with van der Waals surface area (Å²) in [5.74, 6) is 0.542. The van der Waals surface area contributed by atoms with Gasteiger partial charge in [-0.05, 0) is 29.8 Å². The zero-order valence-electron chi connectivity index (χ0n) is 12.0. The van der Waals surface area contributed by atoms with E-state index in [4.69, 9.17) is 14.2 Å². The van der Waals surface area contributed by atoms with Gasteiger partial charge in [-0.2, -0.15) is 0 Å². The lowest BCUT2D eigenvalue weighted by atomic mass is 10.2. The van der Waals surface area contributed by atoms with E-state index in [1.807, 2.05) is 6.07 Å². The van der Waals surface area contributed by atoms with Crippen LogP contribution < -0.4 is 9.47 Å². The second kappa shape index (κ2) is 6.35. The van der Waals surface area contributed by atoms with E-state index in [1.165, 1.54) is 12.1 Å². The van der Waals surface area contributed by atoms with Crippen LogP contribution in [0.15, 0.2) is 48.5 Å². The lowest BCUT2D eigenvalue weighted by molar-refractivity contribution is -0.384. The van der Waals surface area contributed by atoms with E-state index in [9.17, 15) is 14.9 Å². The first kappa shape index (κ1) is 14.8. The first-order valence-corrected chi connectivity index (χ1v) is 6.92. The molecule has 0 bridgehead atoms. The molecule has 3 rings (SSSR count). The molecular weight excluding hydrogens is 302 g/mol. The van der Waals surface area contributed by atoms with Gasteiger partial charge in [0, 0.05) is 12.1 Å². The highest BCUT2D eigenvalue weighted by Gasteiger charge is 2.28. The molecule has 0 unspecified atom stereocenters. The van der Waals surface area contributed by atoms with E-state index in [2.05, 4.69) is 0 Å². The number of rotatable bonds is 4. The first-order chi connectivity index (χ1) is 11.1. The summed E-state index contributed by atoms with van der Waals surface area (Å²) >= 11 is 0. The van der Waals surface area contributed by atoms with Crippen molar-refractivity contribution in [2.24, 2.45) is 0 Å². The quantitative estimate of drug-likeness (QED) is 0.489. The lowest BCUT2D eigenvalue weighted by Crippen LogP contribution is -2.37. The standard InChI is InChI=1S/C16H13NO6/c18-16(15-10-21-13-3-1-2-4-14(13)23-15)22-9-11-5-7-12(8-6-11)17(19)20/h1-8,15H,9-10H2/t15-/m0/s1. The van der Waals surface area contributed by atoms with Crippen LogP contribution in [-0.2, 0) is 16.1 Å². The fourth-order valence-corrected chi connectivity index (χ4v) is 2.10. The Morgan fingerprint density at radius 3 is 2.57 bits per heavy atom. The van der Waals surface area contributed by atoms with Gasteiger partial charge in [-0.1, -0.05) is 12.1 Å². The average molecular weight is 315 g/mol. The molecule has 0 saturated carbocycles. The zero-order chi connectivity index (χ0) is 16.2. The summed E-state index contributed by atoms with van der Waals surface area (Å²) < 4.78 is 16.2. The van der Waals surface area contributed by atoms with Gasteiger partial charge in [0.2, 0.25) is 6.10 Å². The van der Waals surface area contributed by atoms with Crippen LogP contribution in [-0.4, -0.2) is 23.6 Å². The predicted octanol–water partition coefficient (Wildman–Crippen LogP) is 2.48. The minimum absolute atomic E-state index is 0.0122. The third kappa shape index (κ3) is 3.39. The summed E-state index contributed by atoms with van der Waals surface area (Å²) in [5.41, 5.74) is 0.641. The molecule has 0 spiro atoms. The van der Waals surface area contributed by atoms with E-state index in [1.54, 1.807) is 30.3 Å². The molecule has 1 heterocycles. The minimum atomic E-state index is -0.831. The van der Waals surface area contributed by atoms with Gasteiger partial charge in [-0.15, -0.1) is 0 Å². The Labute approximate surface area is 131 Å². The van der Waals surface area contributed by atoms with Gasteiger partial charge in [0.1, 0.15) is 13.2 Å². The highest BCUT2D eigenvalue weighted by Crippen LogP contribution is 2.31. The fourth-order valence-electron chi connectivity index (χ4n) is 2.10. The maximum Gasteiger partial charge on any atom is 0.351 e. The van der Waals surface area contributed by atoms with E-state index in [-0.39, 0.29) is 18.9 Å². The number of hydrogen-bond acceptors (Lipinski definition) is 6. The summed E-state index contributed by atoms with van der Waals surface area (Å²) in [5, 5.41) is 10.6. The van der Waals surface area contributed by atoms with Crippen molar-refractivity contribution in [2.45, 2.75) is 12.7 Å². The molecule has 1 aliphatic rings. The van der Waals surface area contributed by atoms with Crippen LogP contribution in [0.5, 0.6) is 11.5 Å². The van der Waals surface area contributed by atoms with Gasteiger partial charge >= 0.3 is 5.97 Å². The van der Waals surface area contributed by atoms with E-state index >= 15 is 0 Å². The number of benzene rings is 2. The molecule has 1 atom stereocenters. The Bertz CT molecular complexity index is 728. The molecule has 0 aliphatic carbocycles. The van der Waals surface area contributed by atoms with Crippen molar-refractivity contribution >= 4 is 11.7 Å². The first-order valence-electron chi connectivity index (χ1n) is 6.92. The molecule has 2 aromatic rings. The monoisotopic (exact) mass is 315 g/mol. The summed E-state index contributed by atoms with van der Waals surface area (Å²) in [6.07, 6.45) is -0.831. The average Bonchev–Trinajstić information content (AvgIpc) is 2.59. The number of hydrogen-bond donors (Lipinski definition) is 0. The second-order valence-electron chi connectivity index (χ2n) is 4.90. The molecule has 0 saturated heterocycles. The number of ether oxygens (including phenoxy) is 3. The number of nitrogens with zero attached hydrogens (tertiary/aromatic N) is 1. The van der Waals surface area contributed by atoms with E-state index < -0.39 is 17.0 Å². The number of para-hydroxylation sites is 2. The van der Waals surface area contributed by atoms with Crippen LogP contribution in [0.1, 0.15) is 5.56 Å². The van der Waals surface area contributed by atoms with E-state index in [0.717, 1.165) is 0 Å². The maximum absolute atomic E-state index is 12.0. The SMILES string of the molecule is O=C(OCc1ccc([N+](=O)[O-])cc1)[C@@H]1COc2ccccc2O1. The number of esters is 1. The molecule has 1 aliphatic heterocycles. The molecule has 7 heteroatoms. The summed E-state index contributed by atoms with van der Waals surface area (Å²) in [6, 6.07) is 12.9. The number of non-ortho nitro benzene ring substituents is 1. The van der Waals surface area contributed by atoms with Crippen molar-refractivity contribution < 1.29 is 23.9 Å². The molecule has 0 amide bonds. The Morgan fingerprint density at radius 1 is 1.17 bits per heavy atom. The highest BCUT2D eigenvalue weighted by molar-refractivity contribution is 5.76. The summed E-state index contributed by atoms with van der Waals surface area (Å²) in [7, 11) is 0. The largest absolute Gasteiger partial charge is 0.485 e. The van der Waals surface area contributed by atoms with Crippen molar-refractivity contribution in [3.8, 4) is 11.5 Å². The maximum atomic E-state index is 12.0. The molecule has 0 radical (unpaired) electrons. The van der Waals surface area contributed by atoms with Gasteiger partial charge in [0.25, 0.3) is 5.69 Å². The van der Waals surface area contributed by atoms with Gasteiger partial charge in [0.05, 0.1) is 4.92 Å². The van der Waals surface area contributed by atoms with Crippen molar-refractivity contribution in [2.75, 3.05) is 6.61 Å². The van der Waals surface area contributed by atoms with Crippen molar-refractivity contribution in [3.05, 3.63) is 64.2 Å². The fraction of sp³-hybridized carbons (Fsp3) is 0.188. The van der Waals surface area contributed by atoms with Gasteiger partial charge in [-0.3, -0.25) is 10.1 Å². The van der Waals surface area contributed by atoms with Crippen LogP contribution in [0.2, 0.25) is 0 Å². The predicted molar refractivity (Wildman–Crippen MR) is 79.2 cm³/mol. The molecule has 23 heavy (non-hydrogen) atoms. The number of carbonyl (C=O) groups excluding carboxylic acids is 1. The third-order valence-electron chi connectivity index (χ3n) is 3.30. The molecular formula is C16H13NO6. The Hall–Kier alpha value is -3.09. The van der Waals surface area contributed by atoms with Crippen molar-refractivity contribution in [1.29, 1.82) is 0 Å². The van der Waals surface area contributed by atoms with Gasteiger partial charge < -0.3 is 14.2 Å². The zero-order valence-corrected chi connectivity index (χ0v) is 12.0. The Balaban J connectivity index is 1.57. The summed E-state index contributed by atoms with van der Waals surface area (Å²) in [4.78, 5) is 22.1. The number of carbonyl (C=O) groups is 1. The lowest BCUT2D eigenvalue weighted by Gasteiger charge is -2.24. The van der Waals surface area contributed by atoms with Crippen LogP contribution in [0.25, 0.3) is 0 Å². The molecule has 0 fully saturated rings. The second-order valence-corrected chi connectivity index (χ2v) is 4.90. The Morgan fingerprint density at radius 2 is 1.87 bits per heavy atom. The highest BCUT2D eigenvalue weighted by atomic mass is 16.6. The normalized spacial score (nSPS) is 15.7. The number of nitro benzene ring substituents is 1. The van der Waals surface area contributed by atoms with Gasteiger partial charge in [-0.25, -0.2) is 4.79 Å². The molecule has 7 nitrogen and oxygen atoms in total. The molecule has 2 aromatic carbocycles. The molecule has 118 valence electrons. The molecule has 0 aromatic heterocycles. The summed E-state index contributed by atoms with van der Waals surface area (Å²) in [6.45, 7) is 0.0917. The smallest absolute Gasteiger partial charge is 0.351 e. The molecule has 0 N–H and O–H groups in total. The number of fused-ring (bicyclic) bond motifs is 1. The van der Waals surface area contributed by atoms with Crippen molar-refractivity contribution in [3.63, 3.8) is 0 Å². The third-order valence-corrected chi connectivity index (χ3v) is 3.30. The Kier molecular flexibility index (Phi) is 4.09. The van der Waals surface area contributed by atoms with Crippen LogP contribution >= 0.6 is 0 Å². The minimum Gasteiger partial charge on any atom is -0.485 e. The number of nitro groups is 1. The van der Waals surface area contributed by atoms with Crippen LogP contribution in [0.3, 0.4) is 0 Å². The van der Waals surface area contributed by atoms with E-state index in [0.29, 0.717) is 17.1 Å². The van der Waals surface area contributed by atoms with Crippen molar-refractivity contribution in [1.82, 2.24) is 0 Å². The van der Waals surface area contributed by atoms with Crippen LogP contribution in [0, 0.1) is 10.1 Å². The van der Waals surface area contributed by atoms with Gasteiger partial charge in [0.15, 0.2) is 11.5 Å².